The molecule has 7 nitrogen and oxygen atoms in total. The lowest BCUT2D eigenvalue weighted by atomic mass is 9.75. The van der Waals surface area contributed by atoms with Crippen LogP contribution in [-0.4, -0.2) is 21.9 Å². The topological polar surface area (TPSA) is 111 Å². The summed E-state index contributed by atoms with van der Waals surface area (Å²) in [6, 6.07) is 1.31. The molecule has 7 heteroatoms. The van der Waals surface area contributed by atoms with Crippen molar-refractivity contribution in [3.05, 3.63) is 27.9 Å². The maximum absolute atomic E-state index is 12.3. The Morgan fingerprint density at radius 3 is 2.67 bits per heavy atom. The first-order chi connectivity index (χ1) is 9.78. The highest BCUT2D eigenvalue weighted by atomic mass is 16.6. The minimum Gasteiger partial charge on any atom is -0.384 e. The number of nitrogens with two attached hydrogens (primary N) is 1. The molecule has 21 heavy (non-hydrogen) atoms. The number of carbonyl (C=O) groups is 1. The van der Waals surface area contributed by atoms with Crippen LogP contribution in [0.2, 0.25) is 0 Å². The Morgan fingerprint density at radius 1 is 1.48 bits per heavy atom. The molecular weight excluding hydrogens is 272 g/mol. The Balaban J connectivity index is 2.11. The molecule has 0 radical (unpaired) electrons. The highest BCUT2D eigenvalue weighted by Crippen LogP contribution is 2.35. The summed E-state index contributed by atoms with van der Waals surface area (Å²) in [5.41, 5.74) is 5.47. The number of carbonyl (C=O) groups excluding carboxylic acids is 1. The van der Waals surface area contributed by atoms with E-state index in [1.54, 1.807) is 0 Å². The van der Waals surface area contributed by atoms with Gasteiger partial charge in [-0.25, -0.2) is 4.98 Å². The molecule has 0 aliphatic heterocycles. The molecular formula is C14H20N4O3. The number of aromatic nitrogens is 1. The van der Waals surface area contributed by atoms with Gasteiger partial charge < -0.3 is 11.1 Å². The summed E-state index contributed by atoms with van der Waals surface area (Å²) < 4.78 is 0. The largest absolute Gasteiger partial charge is 0.384 e. The van der Waals surface area contributed by atoms with E-state index in [9.17, 15) is 14.9 Å². The molecule has 1 aromatic heterocycles. The molecule has 114 valence electrons. The van der Waals surface area contributed by atoms with Gasteiger partial charge in [0.2, 0.25) is 0 Å². The van der Waals surface area contributed by atoms with Gasteiger partial charge in [0.25, 0.3) is 11.6 Å². The van der Waals surface area contributed by atoms with Gasteiger partial charge in [0.1, 0.15) is 17.6 Å². The van der Waals surface area contributed by atoms with Crippen molar-refractivity contribution in [1.82, 2.24) is 10.3 Å². The number of nitrogens with one attached hydrogen (secondary N) is 1. The van der Waals surface area contributed by atoms with E-state index in [4.69, 9.17) is 5.73 Å². The molecule has 1 saturated carbocycles. The lowest BCUT2D eigenvalue weighted by Crippen LogP contribution is -2.39. The van der Waals surface area contributed by atoms with Gasteiger partial charge in [-0.3, -0.25) is 14.9 Å². The fraction of sp³-hybridized carbons (Fsp3) is 0.571. The average molecular weight is 292 g/mol. The minimum absolute atomic E-state index is 0.0302. The molecule has 1 amide bonds. The van der Waals surface area contributed by atoms with Crippen molar-refractivity contribution in [2.75, 3.05) is 5.73 Å². The van der Waals surface area contributed by atoms with Crippen LogP contribution in [-0.2, 0) is 0 Å². The van der Waals surface area contributed by atoms with Crippen molar-refractivity contribution in [3.63, 3.8) is 0 Å². The van der Waals surface area contributed by atoms with Crippen LogP contribution < -0.4 is 11.1 Å². The Morgan fingerprint density at radius 2 is 2.10 bits per heavy atom. The second-order valence-electron chi connectivity index (χ2n) is 6.30. The summed E-state index contributed by atoms with van der Waals surface area (Å²) in [6.07, 6.45) is 4.84. The van der Waals surface area contributed by atoms with E-state index >= 15 is 0 Å². The van der Waals surface area contributed by atoms with Crippen LogP contribution in [0.25, 0.3) is 0 Å². The van der Waals surface area contributed by atoms with Crippen LogP contribution in [0.1, 0.15) is 49.9 Å². The second-order valence-corrected chi connectivity index (χ2v) is 6.30. The minimum atomic E-state index is -0.620. The summed E-state index contributed by atoms with van der Waals surface area (Å²) in [5.74, 6) is -0.365. The third kappa shape index (κ3) is 3.68. The molecule has 0 bridgehead atoms. The summed E-state index contributed by atoms with van der Waals surface area (Å²) in [7, 11) is 0. The maximum atomic E-state index is 12.3. The smallest absolute Gasteiger partial charge is 0.300 e. The van der Waals surface area contributed by atoms with Gasteiger partial charge in [-0.15, -0.1) is 0 Å². The Hall–Kier alpha value is -2.18. The zero-order valence-electron chi connectivity index (χ0n) is 12.3. The first-order valence-corrected chi connectivity index (χ1v) is 6.99. The van der Waals surface area contributed by atoms with Gasteiger partial charge in [0.05, 0.1) is 4.92 Å². The molecule has 0 spiro atoms. The summed E-state index contributed by atoms with van der Waals surface area (Å²) >= 11 is 0. The number of amides is 1. The van der Waals surface area contributed by atoms with Crippen LogP contribution in [0.4, 0.5) is 11.5 Å². The summed E-state index contributed by atoms with van der Waals surface area (Å²) in [4.78, 5) is 26.3. The number of nitro groups is 1. The molecule has 0 aromatic carbocycles. The Kier molecular flexibility index (Phi) is 4.11. The van der Waals surface area contributed by atoms with Crippen molar-refractivity contribution in [2.45, 2.75) is 45.6 Å². The maximum Gasteiger partial charge on any atom is 0.300 e. The van der Waals surface area contributed by atoms with Crippen LogP contribution in [0.15, 0.2) is 12.3 Å². The molecule has 1 aromatic rings. The number of hydrogen-bond acceptors (Lipinski definition) is 5. The Bertz CT molecular complexity index is 561. The van der Waals surface area contributed by atoms with Gasteiger partial charge in [-0.2, -0.15) is 0 Å². The molecule has 3 N–H and O–H groups in total. The van der Waals surface area contributed by atoms with Crippen LogP contribution in [0.5, 0.6) is 0 Å². The predicted octanol–water partition coefficient (Wildman–Crippen LogP) is 2.27. The van der Waals surface area contributed by atoms with Gasteiger partial charge in [0.15, 0.2) is 0 Å². The van der Waals surface area contributed by atoms with E-state index in [1.807, 2.05) is 0 Å². The SMILES string of the molecule is CC1(C)CCC(NC(=O)c2cc(N)ncc2[N+](=O)[O-])CC1. The predicted molar refractivity (Wildman–Crippen MR) is 78.8 cm³/mol. The molecule has 0 atom stereocenters. The van der Waals surface area contributed by atoms with E-state index in [0.29, 0.717) is 5.41 Å². The van der Waals surface area contributed by atoms with E-state index in [-0.39, 0.29) is 23.1 Å². The number of rotatable bonds is 3. The van der Waals surface area contributed by atoms with Crippen molar-refractivity contribution < 1.29 is 9.72 Å². The summed E-state index contributed by atoms with van der Waals surface area (Å²) in [5, 5.41) is 13.8. The molecule has 1 aliphatic carbocycles. The van der Waals surface area contributed by atoms with Crippen LogP contribution in [0, 0.1) is 15.5 Å². The zero-order chi connectivity index (χ0) is 15.6. The summed E-state index contributed by atoms with van der Waals surface area (Å²) in [6.45, 7) is 4.42. The van der Waals surface area contributed by atoms with E-state index in [2.05, 4.69) is 24.1 Å². The lowest BCUT2D eigenvalue weighted by Gasteiger charge is -2.34. The van der Waals surface area contributed by atoms with E-state index in [0.717, 1.165) is 31.9 Å². The Labute approximate surface area is 123 Å². The van der Waals surface area contributed by atoms with Gasteiger partial charge >= 0.3 is 0 Å². The van der Waals surface area contributed by atoms with Gasteiger partial charge in [-0.1, -0.05) is 13.8 Å². The molecule has 1 fully saturated rings. The van der Waals surface area contributed by atoms with Crippen molar-refractivity contribution >= 4 is 17.4 Å². The third-order valence-corrected chi connectivity index (χ3v) is 4.02. The van der Waals surface area contributed by atoms with Crippen LogP contribution >= 0.6 is 0 Å². The fourth-order valence-electron chi connectivity index (χ4n) is 2.60. The number of hydrogen-bond donors (Lipinski definition) is 2. The normalized spacial score (nSPS) is 18.2. The average Bonchev–Trinajstić information content (AvgIpc) is 2.40. The first kappa shape index (κ1) is 15.2. The third-order valence-electron chi connectivity index (χ3n) is 4.02. The lowest BCUT2D eigenvalue weighted by molar-refractivity contribution is -0.385. The van der Waals surface area contributed by atoms with Crippen molar-refractivity contribution in [2.24, 2.45) is 5.41 Å². The monoisotopic (exact) mass is 292 g/mol. The van der Waals surface area contributed by atoms with Crippen molar-refractivity contribution in [1.29, 1.82) is 0 Å². The van der Waals surface area contributed by atoms with Gasteiger partial charge in [0, 0.05) is 6.04 Å². The first-order valence-electron chi connectivity index (χ1n) is 6.99. The van der Waals surface area contributed by atoms with Crippen molar-refractivity contribution in [3.8, 4) is 0 Å². The van der Waals surface area contributed by atoms with E-state index < -0.39 is 10.8 Å². The van der Waals surface area contributed by atoms with E-state index in [1.165, 1.54) is 6.07 Å². The highest BCUT2D eigenvalue weighted by molar-refractivity contribution is 5.98. The molecule has 2 rings (SSSR count). The number of anilines is 1. The zero-order valence-corrected chi connectivity index (χ0v) is 12.3. The molecule has 0 unspecified atom stereocenters. The molecule has 0 saturated heterocycles. The highest BCUT2D eigenvalue weighted by Gasteiger charge is 2.29. The second kappa shape index (κ2) is 5.67. The fourth-order valence-corrected chi connectivity index (χ4v) is 2.60. The quantitative estimate of drug-likeness (QED) is 0.655. The standard InChI is InChI=1S/C14H20N4O3/c1-14(2)5-3-9(4-6-14)17-13(19)10-7-12(15)16-8-11(10)18(20)21/h7-9H,3-6H2,1-2H3,(H2,15,16)(H,17,19). The number of pyridine rings is 1. The van der Waals surface area contributed by atoms with Gasteiger partial charge in [-0.05, 0) is 37.2 Å². The molecule has 1 heterocycles. The number of nitrogen functional groups attached to an aromatic ring is 1. The number of nitrogens with zero attached hydrogens (tertiary/aromatic N) is 2. The molecule has 1 aliphatic rings. The van der Waals surface area contributed by atoms with Crippen LogP contribution in [0.3, 0.4) is 0 Å².